The maximum absolute atomic E-state index is 13.4. The molecule has 0 spiro atoms. The van der Waals surface area contributed by atoms with Crippen molar-refractivity contribution in [2.24, 2.45) is 0 Å². The molecule has 1 aromatic heterocycles. The van der Waals surface area contributed by atoms with Gasteiger partial charge in [0.15, 0.2) is 11.5 Å². The number of methoxy groups -OCH3 is 2. The van der Waals surface area contributed by atoms with Crippen LogP contribution in [-0.4, -0.2) is 58.1 Å². The van der Waals surface area contributed by atoms with E-state index in [0.717, 1.165) is 11.3 Å². The van der Waals surface area contributed by atoms with Crippen LogP contribution < -0.4 is 14.2 Å². The van der Waals surface area contributed by atoms with Crippen LogP contribution in [0.3, 0.4) is 0 Å². The largest absolute Gasteiger partial charge is 0.507 e. The zero-order chi connectivity index (χ0) is 26.1. The summed E-state index contributed by atoms with van der Waals surface area (Å²) in [6.45, 7) is 2.92. The molecule has 0 saturated carbocycles. The fourth-order valence-electron chi connectivity index (χ4n) is 5.05. The summed E-state index contributed by atoms with van der Waals surface area (Å²) >= 11 is 0. The molecule has 1 amide bonds. The van der Waals surface area contributed by atoms with Crippen molar-refractivity contribution in [1.82, 2.24) is 14.5 Å². The van der Waals surface area contributed by atoms with E-state index < -0.39 is 17.7 Å². The Morgan fingerprint density at radius 3 is 2.65 bits per heavy atom. The quantitative estimate of drug-likeness (QED) is 0.284. The lowest BCUT2D eigenvalue weighted by Gasteiger charge is -2.26. The third-order valence-electron chi connectivity index (χ3n) is 6.81. The van der Waals surface area contributed by atoms with Crippen molar-refractivity contribution >= 4 is 17.4 Å². The summed E-state index contributed by atoms with van der Waals surface area (Å²) in [6.07, 6.45) is 6.59. The smallest absolute Gasteiger partial charge is 0.295 e. The molecular weight excluding hydrogens is 474 g/mol. The van der Waals surface area contributed by atoms with E-state index >= 15 is 0 Å². The van der Waals surface area contributed by atoms with Crippen LogP contribution in [0, 0.1) is 0 Å². The highest BCUT2D eigenvalue weighted by Gasteiger charge is 2.46. The molecule has 0 bridgehead atoms. The second-order valence-electron chi connectivity index (χ2n) is 9.22. The lowest BCUT2D eigenvalue weighted by atomic mass is 9.94. The van der Waals surface area contributed by atoms with Crippen LogP contribution in [0.2, 0.25) is 0 Å². The molecule has 5 rings (SSSR count). The topological polar surface area (TPSA) is 103 Å². The summed E-state index contributed by atoms with van der Waals surface area (Å²) in [4.78, 5) is 32.2. The van der Waals surface area contributed by atoms with Gasteiger partial charge in [0.2, 0.25) is 0 Å². The Kier molecular flexibility index (Phi) is 6.60. The van der Waals surface area contributed by atoms with Gasteiger partial charge in [-0.05, 0) is 54.8 Å². The highest BCUT2D eigenvalue weighted by Crippen LogP contribution is 2.42. The summed E-state index contributed by atoms with van der Waals surface area (Å²) in [7, 11) is 3.06. The zero-order valence-electron chi connectivity index (χ0n) is 21.0. The van der Waals surface area contributed by atoms with Crippen molar-refractivity contribution < 1.29 is 28.9 Å². The van der Waals surface area contributed by atoms with Gasteiger partial charge in [0, 0.05) is 37.5 Å². The predicted octanol–water partition coefficient (Wildman–Crippen LogP) is 3.74. The lowest BCUT2D eigenvalue weighted by molar-refractivity contribution is -0.139. The van der Waals surface area contributed by atoms with Gasteiger partial charge < -0.3 is 28.8 Å². The first-order valence-corrected chi connectivity index (χ1v) is 12.2. The number of ketones is 1. The molecular formula is C28H29N3O6. The van der Waals surface area contributed by atoms with Gasteiger partial charge in [-0.1, -0.05) is 6.07 Å². The molecule has 0 aliphatic carbocycles. The molecule has 2 aliphatic rings. The molecule has 2 aliphatic heterocycles. The van der Waals surface area contributed by atoms with E-state index in [4.69, 9.17) is 14.2 Å². The fourth-order valence-corrected chi connectivity index (χ4v) is 5.05. The van der Waals surface area contributed by atoms with Gasteiger partial charge in [0.25, 0.3) is 11.7 Å². The highest BCUT2D eigenvalue weighted by atomic mass is 16.5. The Bertz CT molecular complexity index is 1360. The Morgan fingerprint density at radius 2 is 1.92 bits per heavy atom. The van der Waals surface area contributed by atoms with E-state index in [0.29, 0.717) is 48.6 Å². The maximum atomic E-state index is 13.4. The summed E-state index contributed by atoms with van der Waals surface area (Å²) < 4.78 is 18.5. The van der Waals surface area contributed by atoms with E-state index in [1.54, 1.807) is 42.9 Å². The highest BCUT2D eigenvalue weighted by molar-refractivity contribution is 6.46. The predicted molar refractivity (Wildman–Crippen MR) is 136 cm³/mol. The van der Waals surface area contributed by atoms with Crippen molar-refractivity contribution in [2.45, 2.75) is 38.5 Å². The molecule has 3 aromatic rings. The third-order valence-corrected chi connectivity index (χ3v) is 6.81. The molecule has 0 radical (unpaired) electrons. The normalized spacial score (nSPS) is 20.1. The minimum Gasteiger partial charge on any atom is -0.507 e. The molecule has 9 nitrogen and oxygen atoms in total. The number of aliphatic hydroxyl groups excluding tert-OH is 1. The number of likely N-dealkylation sites (tertiary alicyclic amines) is 1. The van der Waals surface area contributed by atoms with E-state index in [2.05, 4.69) is 4.98 Å². The number of fused-ring (bicyclic) bond motifs is 1. The number of amides is 1. The first kappa shape index (κ1) is 24.4. The number of carbonyl (C=O) groups is 2. The van der Waals surface area contributed by atoms with Crippen molar-refractivity contribution in [3.05, 3.63) is 77.4 Å². The number of hydrogen-bond donors (Lipinski definition) is 1. The van der Waals surface area contributed by atoms with Crippen LogP contribution in [0.25, 0.3) is 5.76 Å². The van der Waals surface area contributed by atoms with Gasteiger partial charge >= 0.3 is 0 Å². The molecule has 3 heterocycles. The summed E-state index contributed by atoms with van der Waals surface area (Å²) in [5.74, 6) is 0.178. The van der Waals surface area contributed by atoms with Crippen LogP contribution in [0.4, 0.5) is 0 Å². The average Bonchev–Trinajstić information content (AvgIpc) is 3.61. The second-order valence-corrected chi connectivity index (χ2v) is 9.22. The number of hydrogen-bond acceptors (Lipinski definition) is 7. The van der Waals surface area contributed by atoms with Gasteiger partial charge in [-0.15, -0.1) is 0 Å². The Morgan fingerprint density at radius 1 is 1.11 bits per heavy atom. The average molecular weight is 504 g/mol. The van der Waals surface area contributed by atoms with Gasteiger partial charge in [0.1, 0.15) is 17.6 Å². The molecule has 192 valence electrons. The molecule has 9 heteroatoms. The van der Waals surface area contributed by atoms with Crippen molar-refractivity contribution in [1.29, 1.82) is 0 Å². The SMILES string of the molecule is COc1ccc([C@H]2/C(=C(\O)c3ccc4c(c3)C[C@@H](C)O4)C(=O)C(=O)N2CCCn2ccnc2)cc1OC. The number of rotatable bonds is 8. The Hall–Kier alpha value is -4.27. The molecule has 1 fully saturated rings. The molecule has 1 saturated heterocycles. The standard InChI is InChI=1S/C28H29N3O6/c1-17-13-20-14-19(6-7-21(20)37-17)26(32)24-25(18-5-8-22(35-2)23(15-18)36-3)31(28(34)27(24)33)11-4-10-30-12-9-29-16-30/h5-9,12,14-17,25,32H,4,10-11,13H2,1-3H3/b26-24+/t17-,25+/m1/s1. The van der Waals surface area contributed by atoms with Crippen molar-refractivity contribution in [3.63, 3.8) is 0 Å². The number of ether oxygens (including phenoxy) is 3. The first-order valence-electron chi connectivity index (χ1n) is 12.2. The number of carbonyl (C=O) groups excluding carboxylic acids is 2. The van der Waals surface area contributed by atoms with Gasteiger partial charge in [-0.3, -0.25) is 9.59 Å². The Labute approximate surface area is 214 Å². The number of aryl methyl sites for hydroxylation is 1. The summed E-state index contributed by atoms with van der Waals surface area (Å²) in [5.41, 5.74) is 2.11. The van der Waals surface area contributed by atoms with Gasteiger partial charge in [0.05, 0.1) is 32.2 Å². The summed E-state index contributed by atoms with van der Waals surface area (Å²) in [6, 6.07) is 9.80. The third kappa shape index (κ3) is 4.52. The number of benzene rings is 2. The zero-order valence-corrected chi connectivity index (χ0v) is 21.0. The first-order chi connectivity index (χ1) is 17.9. The Balaban J connectivity index is 1.56. The van der Waals surface area contributed by atoms with Gasteiger partial charge in [-0.2, -0.15) is 0 Å². The van der Waals surface area contributed by atoms with E-state index in [-0.39, 0.29) is 17.4 Å². The van der Waals surface area contributed by atoms with Crippen LogP contribution in [-0.2, 0) is 22.6 Å². The number of Topliss-reactive ketones (excluding diaryl/α,β-unsaturated/α-hetero) is 1. The van der Waals surface area contributed by atoms with E-state index in [9.17, 15) is 14.7 Å². The fraction of sp³-hybridized carbons (Fsp3) is 0.321. The maximum Gasteiger partial charge on any atom is 0.295 e. The lowest BCUT2D eigenvalue weighted by Crippen LogP contribution is -2.31. The van der Waals surface area contributed by atoms with Crippen LogP contribution in [0.5, 0.6) is 17.2 Å². The minimum atomic E-state index is -0.786. The van der Waals surface area contributed by atoms with Crippen molar-refractivity contribution in [3.8, 4) is 17.2 Å². The van der Waals surface area contributed by atoms with E-state index in [1.165, 1.54) is 19.1 Å². The number of aromatic nitrogens is 2. The molecule has 2 atom stereocenters. The molecule has 0 unspecified atom stereocenters. The van der Waals surface area contributed by atoms with Crippen LogP contribution >= 0.6 is 0 Å². The molecule has 1 N–H and O–H groups in total. The minimum absolute atomic E-state index is 0.0419. The monoisotopic (exact) mass is 503 g/mol. The molecule has 37 heavy (non-hydrogen) atoms. The van der Waals surface area contributed by atoms with Crippen molar-refractivity contribution in [2.75, 3.05) is 20.8 Å². The van der Waals surface area contributed by atoms with Crippen LogP contribution in [0.1, 0.15) is 36.1 Å². The van der Waals surface area contributed by atoms with Gasteiger partial charge in [-0.25, -0.2) is 4.98 Å². The van der Waals surface area contributed by atoms with E-state index in [1.807, 2.05) is 23.8 Å². The summed E-state index contributed by atoms with van der Waals surface area (Å²) in [5, 5.41) is 11.4. The molecule has 2 aromatic carbocycles. The second kappa shape index (κ2) is 10.0. The number of nitrogens with zero attached hydrogens (tertiary/aromatic N) is 3. The number of imidazole rings is 1. The number of aliphatic hydroxyl groups is 1. The van der Waals surface area contributed by atoms with Crippen LogP contribution in [0.15, 0.2) is 60.7 Å².